The van der Waals surface area contributed by atoms with Gasteiger partial charge >= 0.3 is 0 Å². The summed E-state index contributed by atoms with van der Waals surface area (Å²) in [5, 5.41) is 23.2. The van der Waals surface area contributed by atoms with E-state index in [4.69, 9.17) is 16.3 Å². The van der Waals surface area contributed by atoms with Crippen molar-refractivity contribution < 1.29 is 14.5 Å². The van der Waals surface area contributed by atoms with E-state index < -0.39 is 4.92 Å². The molecule has 1 amide bonds. The minimum Gasteiger partial charge on any atom is -0.482 e. The average Bonchev–Trinajstić information content (AvgIpc) is 3.17. The highest BCUT2D eigenvalue weighted by Gasteiger charge is 2.20. The molecule has 32 heavy (non-hydrogen) atoms. The van der Waals surface area contributed by atoms with Crippen LogP contribution in [0, 0.1) is 17.0 Å². The Morgan fingerprint density at radius 1 is 1.28 bits per heavy atom. The zero-order valence-electron chi connectivity index (χ0n) is 17.7. The van der Waals surface area contributed by atoms with Crippen LogP contribution in [0.2, 0.25) is 5.02 Å². The number of nitrogens with zero attached hydrogens (tertiary/aromatic N) is 4. The van der Waals surface area contributed by atoms with Crippen molar-refractivity contribution >= 4 is 40.6 Å². The summed E-state index contributed by atoms with van der Waals surface area (Å²) in [5.74, 6) is 1.22. The van der Waals surface area contributed by atoms with Gasteiger partial charge in [-0.1, -0.05) is 23.4 Å². The number of benzene rings is 2. The van der Waals surface area contributed by atoms with Gasteiger partial charge in [0.15, 0.2) is 17.1 Å². The number of aryl methyl sites for hydroxylation is 1. The largest absolute Gasteiger partial charge is 0.482 e. The van der Waals surface area contributed by atoms with Crippen molar-refractivity contribution in [3.05, 3.63) is 69.0 Å². The number of non-ortho nitro benzene ring substituents is 1. The number of amides is 1. The average molecular weight is 476 g/mol. The van der Waals surface area contributed by atoms with Crippen LogP contribution in [-0.2, 0) is 11.3 Å². The first-order valence-electron chi connectivity index (χ1n) is 9.81. The molecule has 2 aromatic carbocycles. The Kier molecular flexibility index (Phi) is 7.70. The smallest absolute Gasteiger partial charge is 0.269 e. The second-order valence-corrected chi connectivity index (χ2v) is 8.27. The molecule has 1 N–H and O–H groups in total. The van der Waals surface area contributed by atoms with E-state index >= 15 is 0 Å². The third kappa shape index (κ3) is 5.77. The number of nitro benzene ring substituents is 1. The summed E-state index contributed by atoms with van der Waals surface area (Å²) in [4.78, 5) is 22.5. The number of aromatic nitrogens is 3. The molecular weight excluding hydrogens is 454 g/mol. The number of ether oxygens (including phenoxy) is 1. The molecule has 168 valence electrons. The standard InChI is InChI=1S/C21H22ClN5O4S/c1-4-26-20(14(3)31-18-10-5-15(22)11-13(18)2)24-25-21(26)32-12-19(28)23-16-6-8-17(9-7-16)27(29)30/h5-11,14H,4,12H2,1-3H3,(H,23,28). The summed E-state index contributed by atoms with van der Waals surface area (Å²) < 4.78 is 7.96. The molecule has 1 atom stereocenters. The molecule has 0 radical (unpaired) electrons. The van der Waals surface area contributed by atoms with E-state index in [2.05, 4.69) is 15.5 Å². The van der Waals surface area contributed by atoms with Crippen molar-refractivity contribution in [3.63, 3.8) is 0 Å². The third-order valence-corrected chi connectivity index (χ3v) is 5.76. The molecule has 0 saturated heterocycles. The molecule has 0 aliphatic heterocycles. The van der Waals surface area contributed by atoms with Gasteiger partial charge in [0.1, 0.15) is 5.75 Å². The lowest BCUT2D eigenvalue weighted by atomic mass is 10.2. The maximum atomic E-state index is 12.3. The van der Waals surface area contributed by atoms with Gasteiger partial charge in [0.05, 0.1) is 10.7 Å². The molecule has 9 nitrogen and oxygen atoms in total. The number of carbonyl (C=O) groups is 1. The Bertz CT molecular complexity index is 1120. The van der Waals surface area contributed by atoms with Gasteiger partial charge in [0.25, 0.3) is 5.69 Å². The van der Waals surface area contributed by atoms with E-state index in [9.17, 15) is 14.9 Å². The second kappa shape index (κ2) is 10.5. The fourth-order valence-electron chi connectivity index (χ4n) is 2.99. The van der Waals surface area contributed by atoms with Crippen LogP contribution in [0.3, 0.4) is 0 Å². The van der Waals surface area contributed by atoms with Crippen LogP contribution in [0.25, 0.3) is 0 Å². The van der Waals surface area contributed by atoms with Crippen LogP contribution in [0.5, 0.6) is 5.75 Å². The molecule has 0 bridgehead atoms. The summed E-state index contributed by atoms with van der Waals surface area (Å²) >= 11 is 7.26. The highest BCUT2D eigenvalue weighted by atomic mass is 35.5. The number of nitrogens with one attached hydrogen (secondary N) is 1. The van der Waals surface area contributed by atoms with Crippen molar-refractivity contribution in [2.75, 3.05) is 11.1 Å². The van der Waals surface area contributed by atoms with Gasteiger partial charge in [-0.15, -0.1) is 10.2 Å². The molecule has 11 heteroatoms. The quantitative estimate of drug-likeness (QED) is 0.262. The van der Waals surface area contributed by atoms with Crippen LogP contribution < -0.4 is 10.1 Å². The number of hydrogen-bond acceptors (Lipinski definition) is 7. The molecule has 0 saturated carbocycles. The lowest BCUT2D eigenvalue weighted by Crippen LogP contribution is -2.15. The van der Waals surface area contributed by atoms with Crippen LogP contribution in [0.1, 0.15) is 31.3 Å². The van der Waals surface area contributed by atoms with Crippen molar-refractivity contribution in [1.29, 1.82) is 0 Å². The monoisotopic (exact) mass is 475 g/mol. The van der Waals surface area contributed by atoms with Gasteiger partial charge in [-0.2, -0.15) is 0 Å². The summed E-state index contributed by atoms with van der Waals surface area (Å²) in [6.07, 6.45) is -0.356. The number of hydrogen-bond donors (Lipinski definition) is 1. The molecule has 0 fully saturated rings. The second-order valence-electron chi connectivity index (χ2n) is 6.90. The van der Waals surface area contributed by atoms with E-state index in [1.54, 1.807) is 6.07 Å². The van der Waals surface area contributed by atoms with Crippen molar-refractivity contribution in [1.82, 2.24) is 14.8 Å². The highest BCUT2D eigenvalue weighted by molar-refractivity contribution is 7.99. The van der Waals surface area contributed by atoms with Gasteiger partial charge < -0.3 is 14.6 Å². The van der Waals surface area contributed by atoms with Gasteiger partial charge in [-0.3, -0.25) is 14.9 Å². The first-order chi connectivity index (χ1) is 15.3. The van der Waals surface area contributed by atoms with Gasteiger partial charge in [-0.05, 0) is 56.7 Å². The van der Waals surface area contributed by atoms with Crippen molar-refractivity contribution in [2.24, 2.45) is 0 Å². The lowest BCUT2D eigenvalue weighted by Gasteiger charge is -2.17. The molecule has 1 aromatic heterocycles. The SMILES string of the molecule is CCn1c(SCC(=O)Nc2ccc([N+](=O)[O-])cc2)nnc1C(C)Oc1ccc(Cl)cc1C. The van der Waals surface area contributed by atoms with Crippen LogP contribution in [0.4, 0.5) is 11.4 Å². The molecular formula is C21H22ClN5O4S. The molecule has 3 aromatic rings. The number of rotatable bonds is 9. The zero-order valence-corrected chi connectivity index (χ0v) is 19.3. The minimum absolute atomic E-state index is 0.0360. The lowest BCUT2D eigenvalue weighted by molar-refractivity contribution is -0.384. The van der Waals surface area contributed by atoms with E-state index in [0.29, 0.717) is 34.0 Å². The molecule has 0 spiro atoms. The molecule has 1 unspecified atom stereocenters. The van der Waals surface area contributed by atoms with Crippen molar-refractivity contribution in [2.45, 2.75) is 38.6 Å². The highest BCUT2D eigenvalue weighted by Crippen LogP contribution is 2.28. The number of anilines is 1. The zero-order chi connectivity index (χ0) is 23.3. The first-order valence-corrected chi connectivity index (χ1v) is 11.2. The van der Waals surface area contributed by atoms with Gasteiger partial charge in [0.2, 0.25) is 5.91 Å². The van der Waals surface area contributed by atoms with E-state index in [-0.39, 0.29) is 23.5 Å². The fraction of sp³-hybridized carbons (Fsp3) is 0.286. The Morgan fingerprint density at radius 3 is 2.62 bits per heavy atom. The van der Waals surface area contributed by atoms with Crippen LogP contribution in [-0.4, -0.2) is 31.3 Å². The summed E-state index contributed by atoms with van der Waals surface area (Å²) in [7, 11) is 0. The number of nitro groups is 1. The maximum absolute atomic E-state index is 12.3. The minimum atomic E-state index is -0.491. The Morgan fingerprint density at radius 2 is 2.00 bits per heavy atom. The van der Waals surface area contributed by atoms with Gasteiger partial charge in [-0.25, -0.2) is 0 Å². The van der Waals surface area contributed by atoms with Crippen LogP contribution in [0.15, 0.2) is 47.6 Å². The molecule has 0 aliphatic rings. The molecule has 1 heterocycles. The van der Waals surface area contributed by atoms with E-state index in [0.717, 1.165) is 5.56 Å². The summed E-state index contributed by atoms with van der Waals surface area (Å²) in [6.45, 7) is 6.39. The van der Waals surface area contributed by atoms with E-state index in [1.165, 1.54) is 36.0 Å². The predicted octanol–water partition coefficient (Wildman–Crippen LogP) is 5.04. The van der Waals surface area contributed by atoms with Crippen LogP contribution >= 0.6 is 23.4 Å². The topological polar surface area (TPSA) is 112 Å². The molecule has 0 aliphatic carbocycles. The Labute approximate surface area is 194 Å². The van der Waals surface area contributed by atoms with E-state index in [1.807, 2.05) is 37.5 Å². The predicted molar refractivity (Wildman–Crippen MR) is 123 cm³/mol. The number of thioether (sulfide) groups is 1. The van der Waals surface area contributed by atoms with Crippen molar-refractivity contribution in [3.8, 4) is 5.75 Å². The summed E-state index contributed by atoms with van der Waals surface area (Å²) in [6, 6.07) is 11.1. The Hall–Kier alpha value is -3.11. The fourth-order valence-corrected chi connectivity index (χ4v) is 4.02. The first kappa shape index (κ1) is 23.6. The van der Waals surface area contributed by atoms with Gasteiger partial charge in [0, 0.05) is 29.4 Å². The number of halogens is 1. The Balaban J connectivity index is 1.62. The maximum Gasteiger partial charge on any atom is 0.269 e. The normalized spacial score (nSPS) is 11.8. The molecule has 3 rings (SSSR count). The number of carbonyl (C=O) groups excluding carboxylic acids is 1. The summed E-state index contributed by atoms with van der Waals surface area (Å²) in [5.41, 5.74) is 1.37. The third-order valence-electron chi connectivity index (χ3n) is 4.56.